The third kappa shape index (κ3) is 10200. The molecule has 88 valence electrons. The maximum atomic E-state index is 8.81. The fourth-order valence-corrected chi connectivity index (χ4v) is 0. The zero-order valence-electron chi connectivity index (χ0n) is 5.35. The molecule has 0 fully saturated rings. The van der Waals surface area contributed by atoms with Gasteiger partial charge >= 0.3 is 45.3 Å². The standard InChI is InChI=1S/C2H4O.C2H4.2CH4.H2O.2O.2Pd.H2/c1-2-3;1-2;;;;;;;;/h2H,1H3;1-2H2;2*1H4;1H2;;;;;1H. The van der Waals surface area contributed by atoms with E-state index in [2.05, 4.69) is 13.2 Å². The Morgan fingerprint density at radius 3 is 1.08 bits per heavy atom. The molecule has 0 heterocycles. The molecule has 0 aliphatic rings. The predicted octanol–water partition coefficient (Wildman–Crippen LogP) is 1.46. The third-order valence-corrected chi connectivity index (χ3v) is 0. The third-order valence-electron chi connectivity index (χ3n) is 0. The van der Waals surface area contributed by atoms with Crippen molar-refractivity contribution in [3.63, 3.8) is 0 Å². The van der Waals surface area contributed by atoms with Crippen molar-refractivity contribution >= 4 is 6.29 Å². The molecule has 4 nitrogen and oxygen atoms in total. The number of aldehydes is 1. The van der Waals surface area contributed by atoms with Crippen LogP contribution in [0.3, 0.4) is 0 Å². The van der Waals surface area contributed by atoms with Crippen LogP contribution in [0, 0.1) is 0 Å². The first-order valence-electron chi connectivity index (χ1n) is 1.57. The quantitative estimate of drug-likeness (QED) is 0.368. The number of rotatable bonds is 0. The molecule has 0 atom stereocenters. The summed E-state index contributed by atoms with van der Waals surface area (Å²) in [6.45, 7) is 7.44. The zero-order chi connectivity index (χ0) is 8.71. The predicted molar refractivity (Wildman–Crippen MR) is 43.6 cm³/mol. The zero-order valence-corrected chi connectivity index (χ0v) is 8.46. The van der Waals surface area contributed by atoms with E-state index in [-0.39, 0.29) is 21.8 Å². The number of carbonyl (C=O) groups excluding carboxylic acids is 1. The van der Waals surface area contributed by atoms with Gasteiger partial charge in [0.1, 0.15) is 6.29 Å². The summed E-state index contributed by atoms with van der Waals surface area (Å²) in [4.78, 5) is 8.81. The molecule has 0 bridgehead atoms. The summed E-state index contributed by atoms with van der Waals surface area (Å²) in [5.74, 6) is 0. The van der Waals surface area contributed by atoms with E-state index < -0.39 is 0 Å². The van der Waals surface area contributed by atoms with Crippen LogP contribution in [0.1, 0.15) is 23.2 Å². The van der Waals surface area contributed by atoms with Crippen LogP contribution >= 0.6 is 0 Å². The minimum absolute atomic E-state index is 0. The summed E-state index contributed by atoms with van der Waals surface area (Å²) < 4.78 is 16.2. The number of carbonyl (C=O) groups is 1. The van der Waals surface area contributed by atoms with Gasteiger partial charge in [-0.25, -0.2) is 0 Å². The molecule has 0 rings (SSSR count). The molecule has 0 aromatic rings. The molecule has 0 amide bonds. The van der Waals surface area contributed by atoms with Crippen LogP contribution in [0.2, 0.25) is 0 Å². The summed E-state index contributed by atoms with van der Waals surface area (Å²) in [7, 11) is 0. The van der Waals surface area contributed by atoms with E-state index in [1.165, 1.54) is 45.2 Å². The Balaban J connectivity index is -0.00000000394. The van der Waals surface area contributed by atoms with E-state index in [4.69, 9.17) is 11.7 Å². The van der Waals surface area contributed by atoms with Gasteiger partial charge in [0.05, 0.1) is 0 Å². The van der Waals surface area contributed by atoms with Crippen molar-refractivity contribution in [2.75, 3.05) is 0 Å². The first kappa shape index (κ1) is 55.9. The molecule has 0 saturated carbocycles. The fourth-order valence-electron chi connectivity index (χ4n) is 0. The van der Waals surface area contributed by atoms with Gasteiger partial charge in [-0.2, -0.15) is 0 Å². The van der Waals surface area contributed by atoms with Gasteiger partial charge in [-0.3, -0.25) is 0 Å². The Kier molecular flexibility index (Phi) is 3330. The first-order chi connectivity index (χ1) is 4.41. The molecular weight excluding hydrogens is 349 g/mol. The van der Waals surface area contributed by atoms with Crippen molar-refractivity contribution in [2.45, 2.75) is 21.8 Å². The second-order valence-corrected chi connectivity index (χ2v) is 0.236. The summed E-state index contributed by atoms with van der Waals surface area (Å²) in [6.07, 6.45) is 0.750. The Hall–Kier alpha value is 0.295. The second-order valence-electron chi connectivity index (χ2n) is 0.236. The normalized spacial score (nSPS) is 2.42. The SMILES string of the molecule is C.C.C=C.CC=O.O.[HH].[O]=[Pd].[O]=[Pd]. The molecule has 0 aromatic carbocycles. The monoisotopic (exact) mass is 368 g/mol. The van der Waals surface area contributed by atoms with Crippen molar-refractivity contribution < 1.29 is 57.0 Å². The van der Waals surface area contributed by atoms with E-state index in [0.29, 0.717) is 0 Å². The molecule has 0 aliphatic heterocycles. The van der Waals surface area contributed by atoms with Crippen LogP contribution in [-0.2, 0) is 50.1 Å². The Morgan fingerprint density at radius 1 is 1.08 bits per heavy atom. The van der Waals surface area contributed by atoms with Crippen molar-refractivity contribution in [1.82, 2.24) is 0 Å². The average molecular weight is 369 g/mol. The summed E-state index contributed by atoms with van der Waals surface area (Å²) in [5, 5.41) is 0. The molecule has 12 heavy (non-hydrogen) atoms. The molecule has 0 spiro atoms. The summed E-state index contributed by atoms with van der Waals surface area (Å²) >= 11 is 3.00. The van der Waals surface area contributed by atoms with Crippen molar-refractivity contribution in [3.05, 3.63) is 13.2 Å². The van der Waals surface area contributed by atoms with Crippen LogP contribution in [0.25, 0.3) is 0 Å². The van der Waals surface area contributed by atoms with Gasteiger partial charge in [-0.05, 0) is 6.92 Å². The molecule has 2 N–H and O–H groups in total. The van der Waals surface area contributed by atoms with Crippen LogP contribution in [0.5, 0.6) is 0 Å². The van der Waals surface area contributed by atoms with E-state index >= 15 is 0 Å². The van der Waals surface area contributed by atoms with Crippen molar-refractivity contribution in [3.8, 4) is 0 Å². The van der Waals surface area contributed by atoms with Crippen LogP contribution in [-0.4, -0.2) is 11.8 Å². The molecule has 0 radical (unpaired) electrons. The maximum absolute atomic E-state index is 8.81. The molecular formula is C6H20O4Pd2. The second kappa shape index (κ2) is 714. The Morgan fingerprint density at radius 2 is 1.08 bits per heavy atom. The topological polar surface area (TPSA) is 82.7 Å². The van der Waals surface area contributed by atoms with Gasteiger partial charge in [0.15, 0.2) is 0 Å². The molecule has 0 saturated heterocycles. The van der Waals surface area contributed by atoms with Gasteiger partial charge in [-0.15, -0.1) is 13.2 Å². The van der Waals surface area contributed by atoms with E-state index in [9.17, 15) is 0 Å². The van der Waals surface area contributed by atoms with Crippen molar-refractivity contribution in [2.24, 2.45) is 0 Å². The van der Waals surface area contributed by atoms with Gasteiger partial charge in [0.2, 0.25) is 0 Å². The molecule has 0 aliphatic carbocycles. The van der Waals surface area contributed by atoms with E-state index in [1.807, 2.05) is 0 Å². The van der Waals surface area contributed by atoms with Gasteiger partial charge < -0.3 is 10.3 Å². The Labute approximate surface area is 98.0 Å². The molecule has 0 unspecified atom stereocenters. The summed E-state index contributed by atoms with van der Waals surface area (Å²) in [6, 6.07) is 0. The minimum atomic E-state index is 0. The molecule has 0 aromatic heterocycles. The molecule has 6 heteroatoms. The van der Waals surface area contributed by atoms with Crippen LogP contribution in [0.4, 0.5) is 0 Å². The number of hydrogen-bond donors (Lipinski definition) is 0. The van der Waals surface area contributed by atoms with Crippen molar-refractivity contribution in [1.29, 1.82) is 0 Å². The first-order valence-corrected chi connectivity index (χ1v) is 2.84. The average Bonchev–Trinajstić information content (AvgIpc) is 2.01. The number of hydrogen-bond acceptors (Lipinski definition) is 3. The fraction of sp³-hybridized carbons (Fsp3) is 0.500. The van der Waals surface area contributed by atoms with Crippen LogP contribution in [0.15, 0.2) is 13.2 Å². The Bertz CT molecular complexity index is 46.9. The van der Waals surface area contributed by atoms with Gasteiger partial charge in [0.25, 0.3) is 0 Å². The van der Waals surface area contributed by atoms with Crippen LogP contribution < -0.4 is 0 Å². The van der Waals surface area contributed by atoms with Gasteiger partial charge in [0, 0.05) is 1.43 Å². The van der Waals surface area contributed by atoms with E-state index in [0.717, 1.165) is 6.29 Å². The summed E-state index contributed by atoms with van der Waals surface area (Å²) in [5.41, 5.74) is 0. The van der Waals surface area contributed by atoms with E-state index in [1.54, 1.807) is 0 Å². The van der Waals surface area contributed by atoms with Gasteiger partial charge in [-0.1, -0.05) is 14.9 Å².